The Labute approximate surface area is 158 Å². The summed E-state index contributed by atoms with van der Waals surface area (Å²) in [6.07, 6.45) is 0. The zero-order chi connectivity index (χ0) is 16.2. The molecule has 1 radical (unpaired) electrons. The summed E-state index contributed by atoms with van der Waals surface area (Å²) in [5, 5.41) is 50.8. The summed E-state index contributed by atoms with van der Waals surface area (Å²) in [6, 6.07) is 0. The second-order valence-electron chi connectivity index (χ2n) is 0.548. The number of hydrogen-bond donors (Lipinski definition) is 0. The Balaban J connectivity index is -0.0000000180. The van der Waals surface area contributed by atoms with Gasteiger partial charge >= 0.3 is 0 Å². The van der Waals surface area contributed by atoms with E-state index in [0.29, 0.717) is 0 Å². The first-order valence-corrected chi connectivity index (χ1v) is 5.02. The summed E-state index contributed by atoms with van der Waals surface area (Å²) in [5.74, 6) is 0. The van der Waals surface area contributed by atoms with Crippen molar-refractivity contribution in [3.63, 3.8) is 0 Å². The molecule has 0 spiro atoms. The van der Waals surface area contributed by atoms with E-state index in [4.69, 9.17) is 31.6 Å². The monoisotopic (exact) mass is 445 g/mol. The third-order valence-corrected chi connectivity index (χ3v) is 0. The van der Waals surface area contributed by atoms with Crippen LogP contribution in [0.3, 0.4) is 0 Å². The van der Waals surface area contributed by atoms with Crippen LogP contribution in [-0.4, -0.2) is 0 Å². The second-order valence-corrected chi connectivity index (χ2v) is 1.64. The molecule has 0 aliphatic heterocycles. The van der Waals surface area contributed by atoms with E-state index in [2.05, 4.69) is 75.8 Å². The van der Waals surface area contributed by atoms with Gasteiger partial charge in [0.2, 0.25) is 0 Å². The van der Waals surface area contributed by atoms with Gasteiger partial charge in [-0.15, -0.1) is 0 Å². The Kier molecular flexibility index (Phi) is 402. The van der Waals surface area contributed by atoms with Crippen molar-refractivity contribution in [2.75, 3.05) is 0 Å². The van der Waals surface area contributed by atoms with Crippen LogP contribution in [0, 0.1) is 64.0 Å². The Hall–Kier alpha value is -1.09. The van der Waals surface area contributed by atoms with Crippen molar-refractivity contribution in [2.45, 2.75) is 0 Å². The van der Waals surface area contributed by atoms with Gasteiger partial charge in [0.05, 0.1) is 0 Å². The van der Waals surface area contributed by atoms with E-state index in [9.17, 15) is 0 Å². The Morgan fingerprint density at radius 1 is 0.368 bits per heavy atom. The molecular weight excluding hydrogens is 447 g/mol. The molecule has 0 N–H and O–H groups in total. The number of nitrogens with zero attached hydrogens (tertiary/aromatic N) is 6. The largest absolute Gasteiger partial charge is 0.696 e. The van der Waals surface area contributed by atoms with E-state index in [0.717, 1.165) is 0 Å². The van der Waals surface area contributed by atoms with Crippen LogP contribution in [0.25, 0.3) is 0 Å². The first kappa shape index (κ1) is 43.0. The van der Waals surface area contributed by atoms with E-state index in [1.165, 1.54) is 32.4 Å². The van der Waals surface area contributed by atoms with E-state index in [1.54, 1.807) is 0 Å². The summed E-state index contributed by atoms with van der Waals surface area (Å²) in [7, 11) is 0. The van der Waals surface area contributed by atoms with Gasteiger partial charge in [0, 0.05) is 20.1 Å². The normalized spacial score (nSPS) is 2.21. The number of rotatable bonds is 0. The molecule has 0 aliphatic rings. The molecule has 0 saturated heterocycles. The molecular formula is C6N6S6Tc-6. The van der Waals surface area contributed by atoms with Crippen LogP contribution < -0.4 is 0 Å². The SMILES string of the molecule is N#C[S-].N#C[S-].N#C[S-].N#C[S-].N#C[S-].N#C[S-].[Tc]. The predicted molar refractivity (Wildman–Crippen MR) is 77.9 cm³/mol. The van der Waals surface area contributed by atoms with Gasteiger partial charge in [0.1, 0.15) is 0 Å². The van der Waals surface area contributed by atoms with E-state index >= 15 is 0 Å². The Morgan fingerprint density at radius 3 is 0.368 bits per heavy atom. The van der Waals surface area contributed by atoms with Gasteiger partial charge in [-0.1, -0.05) is 32.4 Å². The Morgan fingerprint density at radius 2 is 0.368 bits per heavy atom. The molecule has 0 fully saturated rings. The van der Waals surface area contributed by atoms with Crippen molar-refractivity contribution >= 4 is 75.8 Å². The topological polar surface area (TPSA) is 143 Å². The van der Waals surface area contributed by atoms with E-state index in [1.807, 2.05) is 0 Å². The zero-order valence-corrected chi connectivity index (χ0v) is 15.3. The first-order valence-electron chi connectivity index (χ1n) is 2.57. The molecule has 0 bridgehead atoms. The van der Waals surface area contributed by atoms with Crippen LogP contribution in [0.2, 0.25) is 0 Å². The fraction of sp³-hybridized carbons (Fsp3) is 0. The molecule has 19 heavy (non-hydrogen) atoms. The minimum atomic E-state index is 0. The quantitative estimate of drug-likeness (QED) is 0.367. The first-order chi connectivity index (χ1) is 8.49. The maximum Gasteiger partial charge on any atom is 0 e. The summed E-state index contributed by atoms with van der Waals surface area (Å²) in [4.78, 5) is 0. The molecule has 0 aliphatic carbocycles. The second kappa shape index (κ2) is 178. The third-order valence-electron chi connectivity index (χ3n) is 0. The average Bonchev–Trinajstić information content (AvgIpc) is 2.23. The van der Waals surface area contributed by atoms with Gasteiger partial charge in [0.15, 0.2) is 0 Å². The smallest absolute Gasteiger partial charge is 0 e. The number of nitriles is 6. The molecule has 0 amide bonds. The summed E-state index contributed by atoms with van der Waals surface area (Å²) >= 11 is 22.2. The molecule has 103 valence electrons. The van der Waals surface area contributed by atoms with Gasteiger partial charge < -0.3 is 75.8 Å². The molecule has 0 atom stereocenters. The van der Waals surface area contributed by atoms with Crippen molar-refractivity contribution in [1.82, 2.24) is 0 Å². The van der Waals surface area contributed by atoms with Gasteiger partial charge in [-0.25, -0.2) is 31.6 Å². The van der Waals surface area contributed by atoms with Crippen LogP contribution in [0.15, 0.2) is 0 Å². The van der Waals surface area contributed by atoms with Gasteiger partial charge in [-0.3, -0.25) is 0 Å². The van der Waals surface area contributed by atoms with Crippen molar-refractivity contribution in [2.24, 2.45) is 0 Å². The molecule has 6 nitrogen and oxygen atoms in total. The van der Waals surface area contributed by atoms with Gasteiger partial charge in [0.25, 0.3) is 0 Å². The molecule has 0 aromatic heterocycles. The van der Waals surface area contributed by atoms with Crippen molar-refractivity contribution in [3.05, 3.63) is 0 Å². The minimum absolute atomic E-state index is 0. The average molecular weight is 447 g/mol. The Bertz CT molecular complexity index is 256. The maximum atomic E-state index is 7.13. The van der Waals surface area contributed by atoms with Gasteiger partial charge in [-0.05, 0) is 0 Å². The van der Waals surface area contributed by atoms with Crippen LogP contribution in [-0.2, 0) is 95.9 Å². The van der Waals surface area contributed by atoms with Crippen LogP contribution >= 0.6 is 0 Å². The van der Waals surface area contributed by atoms with Crippen LogP contribution in [0.5, 0.6) is 0 Å². The van der Waals surface area contributed by atoms with Crippen molar-refractivity contribution in [1.29, 1.82) is 31.6 Å². The summed E-state index contributed by atoms with van der Waals surface area (Å²) in [6.45, 7) is 0. The molecule has 0 rings (SSSR count). The van der Waals surface area contributed by atoms with Crippen LogP contribution in [0.4, 0.5) is 0 Å². The van der Waals surface area contributed by atoms with Gasteiger partial charge in [-0.2, -0.15) is 0 Å². The maximum absolute atomic E-state index is 7.13. The molecule has 0 heterocycles. The molecule has 0 unspecified atom stereocenters. The molecule has 0 saturated carbocycles. The fourth-order valence-electron chi connectivity index (χ4n) is 0. The molecule has 13 heteroatoms. The van der Waals surface area contributed by atoms with E-state index < -0.39 is 0 Å². The predicted octanol–water partition coefficient (Wildman–Crippen LogP) is 0.0838. The zero-order valence-electron chi connectivity index (χ0n) is 8.51. The van der Waals surface area contributed by atoms with Crippen molar-refractivity contribution < 1.29 is 20.1 Å². The van der Waals surface area contributed by atoms with Crippen LogP contribution in [0.1, 0.15) is 0 Å². The number of hydrogen-bond acceptors (Lipinski definition) is 12. The summed E-state index contributed by atoms with van der Waals surface area (Å²) < 4.78 is 0. The standard InChI is InChI=1S/6CHNS.Tc/c6*2-1-3;/h6*3H;/p-6. The number of thiocyanates is 6. The third kappa shape index (κ3) is 3160. The molecule has 0 aromatic carbocycles. The minimum Gasteiger partial charge on any atom is -0.696 e. The van der Waals surface area contributed by atoms with Crippen molar-refractivity contribution in [3.8, 4) is 32.4 Å². The summed E-state index contributed by atoms with van der Waals surface area (Å²) in [5.41, 5.74) is 0. The van der Waals surface area contributed by atoms with E-state index in [-0.39, 0.29) is 20.1 Å². The fourth-order valence-corrected chi connectivity index (χ4v) is 0. The molecule has 0 aromatic rings.